The minimum absolute atomic E-state index is 0.930. The van der Waals surface area contributed by atoms with Crippen LogP contribution in [0.4, 0.5) is 0 Å². The highest BCUT2D eigenvalue weighted by molar-refractivity contribution is 7.98. The summed E-state index contributed by atoms with van der Waals surface area (Å²) in [5.74, 6) is 1.01. The van der Waals surface area contributed by atoms with E-state index in [0.29, 0.717) is 0 Å². The zero-order chi connectivity index (χ0) is 11.2. The molecule has 1 heterocycles. The predicted octanol–water partition coefficient (Wildman–Crippen LogP) is 3.15. The molecule has 0 unspecified atom stereocenters. The second kappa shape index (κ2) is 6.03. The van der Waals surface area contributed by atoms with E-state index in [-0.39, 0.29) is 0 Å². The summed E-state index contributed by atoms with van der Waals surface area (Å²) >= 11 is 3.57. The van der Waals surface area contributed by atoms with E-state index in [1.165, 1.54) is 15.3 Å². The Balaban J connectivity index is 1.90. The molecule has 1 N–H and O–H groups in total. The van der Waals surface area contributed by atoms with Gasteiger partial charge in [-0.1, -0.05) is 12.1 Å². The monoisotopic (exact) mass is 250 g/mol. The van der Waals surface area contributed by atoms with E-state index in [4.69, 9.17) is 0 Å². The van der Waals surface area contributed by atoms with Gasteiger partial charge >= 0.3 is 0 Å². The SMILES string of the molecule is CNCc1ccc(SCc2cncs2)cc1. The molecule has 4 heteroatoms. The normalized spacial score (nSPS) is 10.6. The topological polar surface area (TPSA) is 24.9 Å². The van der Waals surface area contributed by atoms with Gasteiger partial charge in [-0.15, -0.1) is 23.1 Å². The maximum Gasteiger partial charge on any atom is 0.0794 e. The average molecular weight is 250 g/mol. The van der Waals surface area contributed by atoms with Crippen molar-refractivity contribution in [1.29, 1.82) is 0 Å². The summed E-state index contributed by atoms with van der Waals surface area (Å²) in [6, 6.07) is 8.70. The minimum atomic E-state index is 0.930. The van der Waals surface area contributed by atoms with E-state index in [2.05, 4.69) is 34.6 Å². The third-order valence-electron chi connectivity index (χ3n) is 2.17. The first-order chi connectivity index (χ1) is 7.88. The molecule has 0 aliphatic carbocycles. The van der Waals surface area contributed by atoms with Gasteiger partial charge in [0.05, 0.1) is 5.51 Å². The van der Waals surface area contributed by atoms with E-state index in [9.17, 15) is 0 Å². The molecule has 0 atom stereocenters. The number of nitrogens with one attached hydrogen (secondary N) is 1. The Labute approximate surface area is 104 Å². The van der Waals surface area contributed by atoms with Crippen LogP contribution in [-0.2, 0) is 12.3 Å². The van der Waals surface area contributed by atoms with Gasteiger partial charge in [-0.05, 0) is 24.7 Å². The van der Waals surface area contributed by atoms with Crippen molar-refractivity contribution in [2.75, 3.05) is 7.05 Å². The second-order valence-electron chi connectivity index (χ2n) is 3.43. The summed E-state index contributed by atoms with van der Waals surface area (Å²) in [5, 5.41) is 3.14. The highest BCUT2D eigenvalue weighted by Crippen LogP contribution is 2.24. The first-order valence-corrected chi connectivity index (χ1v) is 6.98. The Hall–Kier alpha value is -0.840. The Kier molecular flexibility index (Phi) is 4.39. The highest BCUT2D eigenvalue weighted by atomic mass is 32.2. The van der Waals surface area contributed by atoms with Crippen LogP contribution in [0, 0.1) is 0 Å². The zero-order valence-corrected chi connectivity index (χ0v) is 10.8. The molecule has 1 aromatic carbocycles. The fraction of sp³-hybridized carbons (Fsp3) is 0.250. The maximum atomic E-state index is 4.07. The van der Waals surface area contributed by atoms with Crippen LogP contribution in [0.2, 0.25) is 0 Å². The molecule has 2 rings (SSSR count). The summed E-state index contributed by atoms with van der Waals surface area (Å²) in [7, 11) is 1.96. The van der Waals surface area contributed by atoms with Gasteiger partial charge in [-0.2, -0.15) is 0 Å². The lowest BCUT2D eigenvalue weighted by Crippen LogP contribution is -2.04. The van der Waals surface area contributed by atoms with Gasteiger partial charge in [0.1, 0.15) is 0 Å². The van der Waals surface area contributed by atoms with Gasteiger partial charge in [-0.3, -0.25) is 4.98 Å². The van der Waals surface area contributed by atoms with E-state index >= 15 is 0 Å². The summed E-state index contributed by atoms with van der Waals surface area (Å²) in [5.41, 5.74) is 3.20. The number of rotatable bonds is 5. The van der Waals surface area contributed by atoms with Crippen LogP contribution >= 0.6 is 23.1 Å². The van der Waals surface area contributed by atoms with Gasteiger partial charge in [-0.25, -0.2) is 0 Å². The molecule has 2 nitrogen and oxygen atoms in total. The Morgan fingerprint density at radius 3 is 2.75 bits per heavy atom. The molecule has 0 amide bonds. The van der Waals surface area contributed by atoms with Gasteiger partial charge in [0, 0.05) is 28.3 Å². The molecule has 0 fully saturated rings. The lowest BCUT2D eigenvalue weighted by Gasteiger charge is -2.02. The van der Waals surface area contributed by atoms with Gasteiger partial charge in [0.15, 0.2) is 0 Å². The van der Waals surface area contributed by atoms with Crippen molar-refractivity contribution in [3.8, 4) is 0 Å². The van der Waals surface area contributed by atoms with Crippen molar-refractivity contribution < 1.29 is 0 Å². The number of thiazole rings is 1. The molecular formula is C12H14N2S2. The predicted molar refractivity (Wildman–Crippen MR) is 70.9 cm³/mol. The highest BCUT2D eigenvalue weighted by Gasteiger charge is 1.98. The fourth-order valence-corrected chi connectivity index (χ4v) is 2.92. The Bertz CT molecular complexity index is 409. The van der Waals surface area contributed by atoms with Crippen molar-refractivity contribution in [3.05, 3.63) is 46.4 Å². The molecule has 84 valence electrons. The molecule has 2 aromatic rings. The van der Waals surface area contributed by atoms with Crippen LogP contribution in [0.25, 0.3) is 0 Å². The lowest BCUT2D eigenvalue weighted by molar-refractivity contribution is 0.817. The zero-order valence-electron chi connectivity index (χ0n) is 9.14. The quantitative estimate of drug-likeness (QED) is 0.825. The van der Waals surface area contributed by atoms with Crippen molar-refractivity contribution in [1.82, 2.24) is 10.3 Å². The molecule has 0 saturated heterocycles. The molecule has 0 bridgehead atoms. The summed E-state index contributed by atoms with van der Waals surface area (Å²) < 4.78 is 0. The van der Waals surface area contributed by atoms with Gasteiger partial charge in [0.25, 0.3) is 0 Å². The number of aromatic nitrogens is 1. The molecule has 0 radical (unpaired) electrons. The smallest absolute Gasteiger partial charge is 0.0794 e. The van der Waals surface area contributed by atoms with E-state index < -0.39 is 0 Å². The van der Waals surface area contributed by atoms with E-state index in [1.807, 2.05) is 30.5 Å². The lowest BCUT2D eigenvalue weighted by atomic mass is 10.2. The molecular weight excluding hydrogens is 236 g/mol. The average Bonchev–Trinajstić information content (AvgIpc) is 2.82. The molecule has 0 saturated carbocycles. The van der Waals surface area contributed by atoms with Crippen molar-refractivity contribution >= 4 is 23.1 Å². The van der Waals surface area contributed by atoms with E-state index in [0.717, 1.165) is 12.3 Å². The number of thioether (sulfide) groups is 1. The third kappa shape index (κ3) is 3.33. The van der Waals surface area contributed by atoms with Crippen LogP contribution in [0.1, 0.15) is 10.4 Å². The molecule has 1 aromatic heterocycles. The summed E-state index contributed by atoms with van der Waals surface area (Å²) in [4.78, 5) is 6.71. The fourth-order valence-electron chi connectivity index (χ4n) is 1.38. The molecule has 0 aliphatic heterocycles. The van der Waals surface area contributed by atoms with Crippen molar-refractivity contribution in [2.24, 2.45) is 0 Å². The first-order valence-electron chi connectivity index (χ1n) is 5.12. The van der Waals surface area contributed by atoms with Crippen LogP contribution in [-0.4, -0.2) is 12.0 Å². The summed E-state index contributed by atoms with van der Waals surface area (Å²) in [6.07, 6.45) is 1.94. The summed E-state index contributed by atoms with van der Waals surface area (Å²) in [6.45, 7) is 0.930. The van der Waals surface area contributed by atoms with Crippen molar-refractivity contribution in [2.45, 2.75) is 17.2 Å². The standard InChI is InChI=1S/C12H14N2S2/c1-13-6-10-2-4-11(5-3-10)15-8-12-7-14-9-16-12/h2-5,7,9,13H,6,8H2,1H3. The second-order valence-corrected chi connectivity index (χ2v) is 5.45. The molecule has 16 heavy (non-hydrogen) atoms. The third-order valence-corrected chi connectivity index (χ3v) is 4.19. The Morgan fingerprint density at radius 1 is 1.31 bits per heavy atom. The number of benzene rings is 1. The largest absolute Gasteiger partial charge is 0.316 e. The number of hydrogen-bond donors (Lipinski definition) is 1. The number of hydrogen-bond acceptors (Lipinski definition) is 4. The minimum Gasteiger partial charge on any atom is -0.316 e. The van der Waals surface area contributed by atoms with E-state index in [1.54, 1.807) is 11.3 Å². The van der Waals surface area contributed by atoms with Crippen molar-refractivity contribution in [3.63, 3.8) is 0 Å². The molecule has 0 spiro atoms. The van der Waals surface area contributed by atoms with Gasteiger partial charge < -0.3 is 5.32 Å². The van der Waals surface area contributed by atoms with Crippen LogP contribution < -0.4 is 5.32 Å². The van der Waals surface area contributed by atoms with Crippen LogP contribution in [0.5, 0.6) is 0 Å². The van der Waals surface area contributed by atoms with Crippen LogP contribution in [0.3, 0.4) is 0 Å². The molecule has 0 aliphatic rings. The first kappa shape index (κ1) is 11.6. The van der Waals surface area contributed by atoms with Gasteiger partial charge in [0.2, 0.25) is 0 Å². The maximum absolute atomic E-state index is 4.07. The Morgan fingerprint density at radius 2 is 2.12 bits per heavy atom. The number of nitrogens with zero attached hydrogens (tertiary/aromatic N) is 1. The van der Waals surface area contributed by atoms with Crippen LogP contribution in [0.15, 0.2) is 40.9 Å².